The van der Waals surface area contributed by atoms with E-state index in [0.29, 0.717) is 16.7 Å². The minimum absolute atomic E-state index is 0.311. The summed E-state index contributed by atoms with van der Waals surface area (Å²) in [5.74, 6) is 0.593. The lowest BCUT2D eigenvalue weighted by Crippen LogP contribution is -1.90. The van der Waals surface area contributed by atoms with E-state index in [1.807, 2.05) is 6.92 Å². The number of rotatable bonds is 3. The summed E-state index contributed by atoms with van der Waals surface area (Å²) in [7, 11) is 0. The molecule has 0 saturated carbocycles. The Morgan fingerprint density at radius 2 is 1.94 bits per heavy atom. The number of aromatic nitrogens is 1. The zero-order valence-electron chi connectivity index (χ0n) is 10.4. The summed E-state index contributed by atoms with van der Waals surface area (Å²) in [6.07, 6.45) is 1.15. The highest BCUT2D eigenvalue weighted by molar-refractivity contribution is 7.16. The Kier molecular flexibility index (Phi) is 3.48. The van der Waals surface area contributed by atoms with E-state index < -0.39 is 0 Å². The molecule has 0 fully saturated rings. The van der Waals surface area contributed by atoms with Crippen molar-refractivity contribution in [2.24, 2.45) is 0 Å². The highest BCUT2D eigenvalue weighted by Gasteiger charge is 2.09. The summed E-state index contributed by atoms with van der Waals surface area (Å²) in [5.41, 5.74) is 3.13. The molecule has 1 aromatic carbocycles. The van der Waals surface area contributed by atoms with Crippen molar-refractivity contribution in [1.29, 1.82) is 0 Å². The molecule has 90 valence electrons. The zero-order valence-corrected chi connectivity index (χ0v) is 11.2. The van der Waals surface area contributed by atoms with E-state index >= 15 is 0 Å². The molecule has 0 spiro atoms. The summed E-state index contributed by atoms with van der Waals surface area (Å²) in [6.45, 7) is 6.25. The fraction of sp³-hybridized carbons (Fsp3) is 0.357. The Labute approximate surface area is 106 Å². The molecule has 0 aliphatic heterocycles. The van der Waals surface area contributed by atoms with E-state index in [1.54, 1.807) is 0 Å². The van der Waals surface area contributed by atoms with Gasteiger partial charge in [0.15, 0.2) is 5.06 Å². The van der Waals surface area contributed by atoms with Gasteiger partial charge in [0, 0.05) is 5.56 Å². The Bertz CT molecular complexity index is 482. The van der Waals surface area contributed by atoms with Crippen molar-refractivity contribution in [3.05, 3.63) is 35.5 Å². The van der Waals surface area contributed by atoms with Gasteiger partial charge in [-0.1, -0.05) is 49.4 Å². The van der Waals surface area contributed by atoms with Crippen LogP contribution >= 0.6 is 11.3 Å². The molecule has 2 aromatic rings. The molecule has 1 aromatic heterocycles. The first-order valence-electron chi connectivity index (χ1n) is 5.88. The van der Waals surface area contributed by atoms with Crippen molar-refractivity contribution in [1.82, 2.24) is 4.98 Å². The molecule has 2 rings (SSSR count). The first-order valence-corrected chi connectivity index (χ1v) is 6.70. The molecule has 1 N–H and O–H groups in total. The number of hydrogen-bond acceptors (Lipinski definition) is 3. The molecule has 1 heterocycles. The van der Waals surface area contributed by atoms with Crippen molar-refractivity contribution in [3.63, 3.8) is 0 Å². The molecule has 0 aliphatic carbocycles. The first kappa shape index (κ1) is 12.1. The summed E-state index contributed by atoms with van der Waals surface area (Å²) < 4.78 is 0. The van der Waals surface area contributed by atoms with Gasteiger partial charge in [0.05, 0.1) is 5.69 Å². The number of aromatic hydroxyl groups is 1. The van der Waals surface area contributed by atoms with E-state index in [-0.39, 0.29) is 0 Å². The van der Waals surface area contributed by atoms with Gasteiger partial charge in [-0.3, -0.25) is 0 Å². The van der Waals surface area contributed by atoms with Crippen LogP contribution in [0.1, 0.15) is 37.4 Å². The molecule has 1 unspecified atom stereocenters. The summed E-state index contributed by atoms with van der Waals surface area (Å²) >= 11 is 1.33. The van der Waals surface area contributed by atoms with Crippen molar-refractivity contribution in [2.75, 3.05) is 0 Å². The van der Waals surface area contributed by atoms with Gasteiger partial charge in [-0.15, -0.1) is 0 Å². The van der Waals surface area contributed by atoms with Crippen LogP contribution in [0.4, 0.5) is 0 Å². The normalized spacial score (nSPS) is 12.6. The third-order valence-electron chi connectivity index (χ3n) is 3.11. The van der Waals surface area contributed by atoms with Crippen LogP contribution in [-0.2, 0) is 0 Å². The van der Waals surface area contributed by atoms with Crippen molar-refractivity contribution < 1.29 is 5.11 Å². The minimum Gasteiger partial charge on any atom is -0.498 e. The molecular weight excluding hydrogens is 230 g/mol. The summed E-state index contributed by atoms with van der Waals surface area (Å²) in [5, 5.41) is 10.7. The SMILES string of the molecule is CCC(C)c1ccc(-c2nc(C)c(O)s2)cc1. The van der Waals surface area contributed by atoms with E-state index in [2.05, 4.69) is 43.1 Å². The van der Waals surface area contributed by atoms with Gasteiger partial charge >= 0.3 is 0 Å². The van der Waals surface area contributed by atoms with Gasteiger partial charge in [-0.05, 0) is 24.8 Å². The van der Waals surface area contributed by atoms with Crippen LogP contribution in [0.3, 0.4) is 0 Å². The first-order chi connectivity index (χ1) is 8.11. The van der Waals surface area contributed by atoms with Crippen LogP contribution in [0.25, 0.3) is 10.6 Å². The van der Waals surface area contributed by atoms with Gasteiger partial charge < -0.3 is 5.11 Å². The van der Waals surface area contributed by atoms with Crippen molar-refractivity contribution in [3.8, 4) is 15.6 Å². The fourth-order valence-corrected chi connectivity index (χ4v) is 2.51. The van der Waals surface area contributed by atoms with Crippen LogP contribution in [0.2, 0.25) is 0 Å². The van der Waals surface area contributed by atoms with E-state index in [0.717, 1.165) is 17.0 Å². The second kappa shape index (κ2) is 4.88. The maximum atomic E-state index is 9.54. The predicted molar refractivity (Wildman–Crippen MR) is 72.7 cm³/mol. The maximum absolute atomic E-state index is 9.54. The van der Waals surface area contributed by atoms with Gasteiger partial charge in [0.1, 0.15) is 5.01 Å². The average Bonchev–Trinajstić information content (AvgIpc) is 2.69. The highest BCUT2D eigenvalue weighted by atomic mass is 32.1. The average molecular weight is 247 g/mol. The number of aryl methyl sites for hydroxylation is 1. The fourth-order valence-electron chi connectivity index (χ4n) is 1.70. The third kappa shape index (κ3) is 2.50. The number of nitrogens with zero attached hydrogens (tertiary/aromatic N) is 1. The lowest BCUT2D eigenvalue weighted by Gasteiger charge is -2.08. The molecule has 0 bridgehead atoms. The van der Waals surface area contributed by atoms with Crippen LogP contribution in [-0.4, -0.2) is 10.1 Å². The Balaban J connectivity index is 2.29. The Morgan fingerprint density at radius 1 is 1.29 bits per heavy atom. The maximum Gasteiger partial charge on any atom is 0.195 e. The molecule has 0 saturated heterocycles. The number of benzene rings is 1. The number of thiazole rings is 1. The van der Waals surface area contributed by atoms with Crippen LogP contribution in [0.15, 0.2) is 24.3 Å². The second-order valence-corrected chi connectivity index (χ2v) is 5.32. The second-order valence-electron chi connectivity index (χ2n) is 4.34. The highest BCUT2D eigenvalue weighted by Crippen LogP contribution is 2.33. The molecule has 3 heteroatoms. The van der Waals surface area contributed by atoms with Crippen molar-refractivity contribution in [2.45, 2.75) is 33.1 Å². The third-order valence-corrected chi connectivity index (χ3v) is 4.12. The topological polar surface area (TPSA) is 33.1 Å². The van der Waals surface area contributed by atoms with Gasteiger partial charge in [0.25, 0.3) is 0 Å². The predicted octanol–water partition coefficient (Wildman–Crippen LogP) is 4.34. The monoisotopic (exact) mass is 247 g/mol. The summed E-state index contributed by atoms with van der Waals surface area (Å²) in [4.78, 5) is 4.34. The molecule has 17 heavy (non-hydrogen) atoms. The van der Waals surface area contributed by atoms with E-state index in [4.69, 9.17) is 0 Å². The van der Waals surface area contributed by atoms with Gasteiger partial charge in [0.2, 0.25) is 0 Å². The van der Waals surface area contributed by atoms with E-state index in [1.165, 1.54) is 16.9 Å². The van der Waals surface area contributed by atoms with Gasteiger partial charge in [-0.2, -0.15) is 0 Å². The molecule has 0 amide bonds. The van der Waals surface area contributed by atoms with Crippen LogP contribution < -0.4 is 0 Å². The van der Waals surface area contributed by atoms with Gasteiger partial charge in [-0.25, -0.2) is 4.98 Å². The molecule has 0 aliphatic rings. The van der Waals surface area contributed by atoms with E-state index in [9.17, 15) is 5.11 Å². The Hall–Kier alpha value is -1.35. The quantitative estimate of drug-likeness (QED) is 0.875. The lowest BCUT2D eigenvalue weighted by molar-refractivity contribution is 0.485. The molecular formula is C14H17NOS. The minimum atomic E-state index is 0.311. The largest absolute Gasteiger partial charge is 0.498 e. The zero-order chi connectivity index (χ0) is 12.4. The molecule has 2 nitrogen and oxygen atoms in total. The lowest BCUT2D eigenvalue weighted by atomic mass is 9.98. The van der Waals surface area contributed by atoms with Crippen LogP contribution in [0, 0.1) is 6.92 Å². The Morgan fingerprint density at radius 3 is 2.41 bits per heavy atom. The smallest absolute Gasteiger partial charge is 0.195 e. The standard InChI is InChI=1S/C14H17NOS/c1-4-9(2)11-5-7-12(8-6-11)13-15-10(3)14(16)17-13/h5-9,16H,4H2,1-3H3. The molecule has 1 atom stereocenters. The summed E-state index contributed by atoms with van der Waals surface area (Å²) in [6, 6.07) is 8.47. The van der Waals surface area contributed by atoms with Crippen LogP contribution in [0.5, 0.6) is 5.06 Å². The number of hydrogen-bond donors (Lipinski definition) is 1. The molecule has 0 radical (unpaired) electrons. The van der Waals surface area contributed by atoms with Crippen molar-refractivity contribution >= 4 is 11.3 Å².